The highest BCUT2D eigenvalue weighted by Crippen LogP contribution is 2.37. The lowest BCUT2D eigenvalue weighted by molar-refractivity contribution is -0.131. The maximum Gasteiger partial charge on any atom is 0.328 e. The van der Waals surface area contributed by atoms with E-state index in [0.717, 1.165) is 6.08 Å². The van der Waals surface area contributed by atoms with E-state index in [1.165, 1.54) is 13.2 Å². The summed E-state index contributed by atoms with van der Waals surface area (Å²) in [6.45, 7) is 3.93. The van der Waals surface area contributed by atoms with Gasteiger partial charge in [-0.2, -0.15) is 0 Å². The second kappa shape index (κ2) is 6.86. The van der Waals surface area contributed by atoms with Crippen LogP contribution in [0.25, 0.3) is 6.08 Å². The Morgan fingerprint density at radius 1 is 1.56 bits per heavy atom. The molecular weight excluding hydrogens is 300 g/mol. The van der Waals surface area contributed by atoms with Gasteiger partial charge in [0.15, 0.2) is 11.5 Å². The van der Waals surface area contributed by atoms with Crippen LogP contribution in [0, 0.1) is 0 Å². The van der Waals surface area contributed by atoms with Gasteiger partial charge >= 0.3 is 5.97 Å². The number of methoxy groups -OCH3 is 1. The largest absolute Gasteiger partial charge is 0.493 e. The third kappa shape index (κ3) is 3.92. The first-order chi connectivity index (χ1) is 8.58. The van der Waals surface area contributed by atoms with Crippen molar-refractivity contribution in [2.24, 2.45) is 0 Å². The summed E-state index contributed by atoms with van der Waals surface area (Å²) in [4.78, 5) is 10.5. The van der Waals surface area contributed by atoms with E-state index in [1.54, 1.807) is 18.2 Å². The maximum atomic E-state index is 10.5. The number of benzene rings is 1. The van der Waals surface area contributed by atoms with E-state index in [4.69, 9.17) is 14.6 Å². The van der Waals surface area contributed by atoms with Gasteiger partial charge in [0.2, 0.25) is 0 Å². The van der Waals surface area contributed by atoms with E-state index >= 15 is 0 Å². The van der Waals surface area contributed by atoms with Crippen LogP contribution in [0.15, 0.2) is 35.3 Å². The minimum Gasteiger partial charge on any atom is -0.493 e. The summed E-state index contributed by atoms with van der Waals surface area (Å²) >= 11 is 3.36. The van der Waals surface area contributed by atoms with Gasteiger partial charge in [0.05, 0.1) is 11.6 Å². The molecule has 1 aromatic rings. The molecule has 0 aliphatic carbocycles. The summed E-state index contributed by atoms with van der Waals surface area (Å²) in [7, 11) is 1.52. The van der Waals surface area contributed by atoms with Crippen LogP contribution in [0.3, 0.4) is 0 Å². The second-order valence-corrected chi connectivity index (χ2v) is 4.16. The normalized spacial score (nSPS) is 10.3. The summed E-state index contributed by atoms with van der Waals surface area (Å²) in [5.41, 5.74) is 0.701. The molecule has 0 spiro atoms. The van der Waals surface area contributed by atoms with E-state index in [0.29, 0.717) is 28.1 Å². The Morgan fingerprint density at radius 3 is 2.83 bits per heavy atom. The number of carbonyl (C=O) groups is 1. The molecule has 0 fully saturated rings. The smallest absolute Gasteiger partial charge is 0.328 e. The quantitative estimate of drug-likeness (QED) is 0.647. The van der Waals surface area contributed by atoms with Gasteiger partial charge in [0.1, 0.15) is 6.61 Å². The number of carboxylic acid groups (broad SMARTS) is 1. The lowest BCUT2D eigenvalue weighted by atomic mass is 10.2. The first-order valence-electron chi connectivity index (χ1n) is 5.10. The van der Waals surface area contributed by atoms with E-state index in [-0.39, 0.29) is 0 Å². The summed E-state index contributed by atoms with van der Waals surface area (Å²) in [6.07, 6.45) is 4.17. The molecule has 0 unspecified atom stereocenters. The molecule has 0 aliphatic heterocycles. The second-order valence-electron chi connectivity index (χ2n) is 3.31. The molecule has 0 saturated heterocycles. The van der Waals surface area contributed by atoms with E-state index in [9.17, 15) is 4.79 Å². The zero-order valence-electron chi connectivity index (χ0n) is 9.85. The van der Waals surface area contributed by atoms with Crippen LogP contribution in [0.2, 0.25) is 0 Å². The molecule has 0 aromatic heterocycles. The van der Waals surface area contributed by atoms with Gasteiger partial charge < -0.3 is 14.6 Å². The third-order valence-electron chi connectivity index (χ3n) is 2.02. The number of halogens is 1. The lowest BCUT2D eigenvalue weighted by Crippen LogP contribution is -1.97. The fourth-order valence-electron chi connectivity index (χ4n) is 1.29. The molecule has 1 rings (SSSR count). The minimum absolute atomic E-state index is 0.360. The Hall–Kier alpha value is -1.75. The van der Waals surface area contributed by atoms with E-state index < -0.39 is 5.97 Å². The Labute approximate surface area is 114 Å². The molecule has 0 atom stereocenters. The molecule has 0 aliphatic rings. The van der Waals surface area contributed by atoms with Gasteiger partial charge in [0.25, 0.3) is 0 Å². The molecule has 0 saturated carbocycles. The molecule has 0 heterocycles. The molecule has 0 bridgehead atoms. The summed E-state index contributed by atoms with van der Waals surface area (Å²) < 4.78 is 11.3. The van der Waals surface area contributed by atoms with Gasteiger partial charge in [-0.05, 0) is 39.7 Å². The van der Waals surface area contributed by atoms with E-state index in [2.05, 4.69) is 22.5 Å². The topological polar surface area (TPSA) is 55.8 Å². The number of aliphatic carboxylic acids is 1. The van der Waals surface area contributed by atoms with Crippen molar-refractivity contribution in [2.75, 3.05) is 13.7 Å². The average Bonchev–Trinajstić information content (AvgIpc) is 2.34. The molecule has 0 amide bonds. The molecule has 5 heteroatoms. The van der Waals surface area contributed by atoms with Crippen LogP contribution in [-0.2, 0) is 4.79 Å². The van der Waals surface area contributed by atoms with Crippen LogP contribution in [-0.4, -0.2) is 24.8 Å². The molecule has 18 heavy (non-hydrogen) atoms. The molecule has 4 nitrogen and oxygen atoms in total. The number of hydrogen-bond acceptors (Lipinski definition) is 3. The first-order valence-corrected chi connectivity index (χ1v) is 5.90. The Balaban J connectivity index is 3.09. The van der Waals surface area contributed by atoms with Gasteiger partial charge in [-0.1, -0.05) is 12.7 Å². The van der Waals surface area contributed by atoms with Crippen LogP contribution in [0.5, 0.6) is 11.5 Å². The van der Waals surface area contributed by atoms with Crippen LogP contribution >= 0.6 is 15.9 Å². The van der Waals surface area contributed by atoms with Crippen molar-refractivity contribution in [1.82, 2.24) is 0 Å². The number of rotatable bonds is 6. The zero-order valence-corrected chi connectivity index (χ0v) is 11.4. The van der Waals surface area contributed by atoms with Crippen LogP contribution in [0.1, 0.15) is 5.56 Å². The number of carboxylic acids is 1. The van der Waals surface area contributed by atoms with Crippen molar-refractivity contribution < 1.29 is 19.4 Å². The summed E-state index contributed by atoms with van der Waals surface area (Å²) in [5.74, 6) is 0.0817. The first kappa shape index (κ1) is 14.3. The van der Waals surface area contributed by atoms with Crippen LogP contribution in [0.4, 0.5) is 0 Å². The monoisotopic (exact) mass is 312 g/mol. The molecule has 96 valence electrons. The minimum atomic E-state index is -1.00. The zero-order chi connectivity index (χ0) is 13.5. The maximum absolute atomic E-state index is 10.5. The van der Waals surface area contributed by atoms with Gasteiger partial charge in [-0.3, -0.25) is 0 Å². The highest BCUT2D eigenvalue weighted by molar-refractivity contribution is 9.10. The predicted molar refractivity (Wildman–Crippen MR) is 73.1 cm³/mol. The van der Waals surface area contributed by atoms with Gasteiger partial charge in [-0.15, -0.1) is 0 Å². The van der Waals surface area contributed by atoms with Crippen molar-refractivity contribution >= 4 is 28.0 Å². The third-order valence-corrected chi connectivity index (χ3v) is 2.60. The SMILES string of the molecule is C=CCOc1c(Br)cc(/C=C/C(=O)O)cc1OC. The number of ether oxygens (including phenoxy) is 2. The Kier molecular flexibility index (Phi) is 5.45. The molecule has 1 N–H and O–H groups in total. The number of hydrogen-bond donors (Lipinski definition) is 1. The Bertz CT molecular complexity index is 480. The molecule has 0 radical (unpaired) electrons. The predicted octanol–water partition coefficient (Wildman–Crippen LogP) is 3.12. The van der Waals surface area contributed by atoms with Crippen molar-refractivity contribution in [3.8, 4) is 11.5 Å². The fourth-order valence-corrected chi connectivity index (χ4v) is 1.86. The summed E-state index contributed by atoms with van der Waals surface area (Å²) in [6, 6.07) is 3.45. The van der Waals surface area contributed by atoms with Crippen molar-refractivity contribution in [3.63, 3.8) is 0 Å². The highest BCUT2D eigenvalue weighted by atomic mass is 79.9. The van der Waals surface area contributed by atoms with E-state index in [1.807, 2.05) is 0 Å². The average molecular weight is 313 g/mol. The lowest BCUT2D eigenvalue weighted by Gasteiger charge is -2.12. The van der Waals surface area contributed by atoms with Crippen molar-refractivity contribution in [3.05, 3.63) is 40.9 Å². The molecule has 1 aromatic carbocycles. The Morgan fingerprint density at radius 2 is 2.28 bits per heavy atom. The fraction of sp³-hybridized carbons (Fsp3) is 0.154. The highest BCUT2D eigenvalue weighted by Gasteiger charge is 2.10. The summed E-state index contributed by atoms with van der Waals surface area (Å²) in [5, 5.41) is 8.58. The van der Waals surface area contributed by atoms with Crippen LogP contribution < -0.4 is 9.47 Å². The van der Waals surface area contributed by atoms with Gasteiger partial charge in [-0.25, -0.2) is 4.79 Å². The van der Waals surface area contributed by atoms with Crippen molar-refractivity contribution in [1.29, 1.82) is 0 Å². The molecular formula is C13H13BrO4. The standard InChI is InChI=1S/C13H13BrO4/c1-3-6-18-13-10(14)7-9(4-5-12(15)16)8-11(13)17-2/h3-5,7-8H,1,6H2,2H3,(H,15,16)/b5-4+. The van der Waals surface area contributed by atoms with Gasteiger partial charge in [0, 0.05) is 6.08 Å². The van der Waals surface area contributed by atoms with Crippen molar-refractivity contribution in [2.45, 2.75) is 0 Å².